The molecule has 1 atom stereocenters. The number of rotatable bonds is 8. The van der Waals surface area contributed by atoms with Crippen LogP contribution in [0.3, 0.4) is 0 Å². The molecule has 2 amide bonds. The lowest BCUT2D eigenvalue weighted by Crippen LogP contribution is -2.41. The average Bonchev–Trinajstić information content (AvgIpc) is 2.99. The molecule has 142 valence electrons. The van der Waals surface area contributed by atoms with Gasteiger partial charge in [0.2, 0.25) is 0 Å². The Morgan fingerprint density at radius 3 is 2.81 bits per heavy atom. The Morgan fingerprint density at radius 2 is 2.15 bits per heavy atom. The van der Waals surface area contributed by atoms with E-state index in [4.69, 9.17) is 16.3 Å². The number of aromatic nitrogens is 2. The van der Waals surface area contributed by atoms with Crippen LogP contribution < -0.4 is 15.4 Å². The van der Waals surface area contributed by atoms with Crippen LogP contribution in [0, 0.1) is 13.8 Å². The molecule has 7 nitrogen and oxygen atoms in total. The number of amides is 2. The molecule has 1 heterocycles. The van der Waals surface area contributed by atoms with Crippen molar-refractivity contribution in [3.8, 4) is 5.75 Å². The molecule has 0 unspecified atom stereocenters. The second-order valence-electron chi connectivity index (χ2n) is 6.03. The number of aliphatic hydroxyl groups excluding tert-OH is 1. The van der Waals surface area contributed by atoms with Gasteiger partial charge >= 0.3 is 6.03 Å². The van der Waals surface area contributed by atoms with Crippen LogP contribution in [0.5, 0.6) is 5.75 Å². The van der Waals surface area contributed by atoms with Crippen molar-refractivity contribution in [3.63, 3.8) is 0 Å². The number of carbonyl (C=O) groups excluding carboxylic acids is 1. The Labute approximate surface area is 158 Å². The number of benzene rings is 1. The van der Waals surface area contributed by atoms with Gasteiger partial charge in [-0.3, -0.25) is 4.68 Å². The second kappa shape index (κ2) is 9.45. The zero-order chi connectivity index (χ0) is 19.1. The topological polar surface area (TPSA) is 88.4 Å². The van der Waals surface area contributed by atoms with Gasteiger partial charge in [0.1, 0.15) is 18.5 Å². The molecule has 0 bridgehead atoms. The number of hydrogen-bond acceptors (Lipinski definition) is 4. The van der Waals surface area contributed by atoms with Gasteiger partial charge in [0.05, 0.1) is 5.69 Å². The van der Waals surface area contributed by atoms with Crippen LogP contribution in [-0.4, -0.2) is 40.2 Å². The van der Waals surface area contributed by atoms with E-state index >= 15 is 0 Å². The summed E-state index contributed by atoms with van der Waals surface area (Å²) < 4.78 is 7.33. The van der Waals surface area contributed by atoms with E-state index in [9.17, 15) is 9.90 Å². The van der Waals surface area contributed by atoms with E-state index < -0.39 is 6.10 Å². The van der Waals surface area contributed by atoms with Crippen LogP contribution >= 0.6 is 11.6 Å². The summed E-state index contributed by atoms with van der Waals surface area (Å²) in [4.78, 5) is 11.8. The maximum atomic E-state index is 11.8. The molecule has 0 fully saturated rings. The summed E-state index contributed by atoms with van der Waals surface area (Å²) in [5, 5.41) is 20.3. The van der Waals surface area contributed by atoms with Crippen molar-refractivity contribution in [1.29, 1.82) is 0 Å². The van der Waals surface area contributed by atoms with E-state index in [1.54, 1.807) is 18.2 Å². The monoisotopic (exact) mass is 380 g/mol. The molecule has 2 aromatic rings. The first-order valence-corrected chi connectivity index (χ1v) is 8.88. The maximum Gasteiger partial charge on any atom is 0.315 e. The third kappa shape index (κ3) is 5.93. The molecule has 0 radical (unpaired) electrons. The van der Waals surface area contributed by atoms with Gasteiger partial charge in [-0.2, -0.15) is 5.10 Å². The van der Waals surface area contributed by atoms with Crippen molar-refractivity contribution < 1.29 is 14.6 Å². The van der Waals surface area contributed by atoms with Crippen LogP contribution in [0.25, 0.3) is 0 Å². The van der Waals surface area contributed by atoms with Gasteiger partial charge in [-0.25, -0.2) is 4.79 Å². The van der Waals surface area contributed by atoms with Gasteiger partial charge in [0.15, 0.2) is 0 Å². The molecule has 26 heavy (non-hydrogen) atoms. The van der Waals surface area contributed by atoms with Gasteiger partial charge in [0.25, 0.3) is 0 Å². The first-order chi connectivity index (χ1) is 12.4. The van der Waals surface area contributed by atoms with E-state index in [1.165, 1.54) is 0 Å². The number of nitrogens with one attached hydrogen (secondary N) is 2. The normalized spacial score (nSPS) is 11.9. The largest absolute Gasteiger partial charge is 0.491 e. The molecule has 0 spiro atoms. The van der Waals surface area contributed by atoms with Crippen LogP contribution in [0.4, 0.5) is 4.79 Å². The average molecular weight is 381 g/mol. The first kappa shape index (κ1) is 20.1. The fourth-order valence-electron chi connectivity index (χ4n) is 2.30. The molecule has 3 N–H and O–H groups in total. The maximum absolute atomic E-state index is 11.8. The Hall–Kier alpha value is -2.25. The highest BCUT2D eigenvalue weighted by atomic mass is 35.5. The summed E-state index contributed by atoms with van der Waals surface area (Å²) in [5.41, 5.74) is 2.75. The smallest absolute Gasteiger partial charge is 0.315 e. The van der Waals surface area contributed by atoms with E-state index in [0.717, 1.165) is 23.4 Å². The number of halogens is 1. The van der Waals surface area contributed by atoms with E-state index in [-0.39, 0.29) is 19.2 Å². The van der Waals surface area contributed by atoms with Gasteiger partial charge in [0, 0.05) is 36.4 Å². The minimum absolute atomic E-state index is 0.0731. The highest BCUT2D eigenvalue weighted by molar-refractivity contribution is 6.31. The molecule has 0 saturated carbocycles. The number of ether oxygens (including phenoxy) is 1. The van der Waals surface area contributed by atoms with Gasteiger partial charge in [-0.05, 0) is 44.5 Å². The van der Waals surface area contributed by atoms with Crippen LogP contribution in [0.15, 0.2) is 24.4 Å². The van der Waals surface area contributed by atoms with Gasteiger partial charge in [-0.1, -0.05) is 11.6 Å². The van der Waals surface area contributed by atoms with Crippen molar-refractivity contribution in [2.45, 2.75) is 40.0 Å². The third-order valence-corrected chi connectivity index (χ3v) is 4.31. The lowest BCUT2D eigenvalue weighted by molar-refractivity contribution is 0.108. The van der Waals surface area contributed by atoms with Crippen LogP contribution in [0.2, 0.25) is 5.02 Å². The van der Waals surface area contributed by atoms with Gasteiger partial charge in [-0.15, -0.1) is 0 Å². The zero-order valence-corrected chi connectivity index (χ0v) is 16.0. The van der Waals surface area contributed by atoms with E-state index in [0.29, 0.717) is 17.3 Å². The predicted octanol–water partition coefficient (Wildman–Crippen LogP) is 2.41. The number of urea groups is 1. The number of nitrogens with zero attached hydrogens (tertiary/aromatic N) is 2. The summed E-state index contributed by atoms with van der Waals surface area (Å²) in [6.07, 6.45) is 1.09. The number of carbonyl (C=O) groups is 1. The van der Waals surface area contributed by atoms with Crippen molar-refractivity contribution >= 4 is 17.6 Å². The molecule has 8 heteroatoms. The van der Waals surface area contributed by atoms with E-state index in [2.05, 4.69) is 15.7 Å². The van der Waals surface area contributed by atoms with Crippen molar-refractivity contribution in [2.24, 2.45) is 0 Å². The number of hydrogen-bond donors (Lipinski definition) is 3. The standard InChI is InChI=1S/C18H25ClN4O3/c1-4-23-10-14(13(3)22-23)8-20-18(25)21-9-15(24)11-26-16-5-6-17(19)12(2)7-16/h5-7,10,15,24H,4,8-9,11H2,1-3H3,(H2,20,21,25)/t15-/m0/s1. The van der Waals surface area contributed by atoms with Gasteiger partial charge < -0.3 is 20.5 Å². The molecule has 0 saturated heterocycles. The highest BCUT2D eigenvalue weighted by Crippen LogP contribution is 2.21. The van der Waals surface area contributed by atoms with E-state index in [1.807, 2.05) is 31.6 Å². The van der Waals surface area contributed by atoms with Crippen molar-refractivity contribution in [3.05, 3.63) is 46.2 Å². The lowest BCUT2D eigenvalue weighted by atomic mass is 10.2. The first-order valence-electron chi connectivity index (χ1n) is 8.50. The fourth-order valence-corrected chi connectivity index (χ4v) is 2.42. The Morgan fingerprint density at radius 1 is 1.38 bits per heavy atom. The molecule has 0 aliphatic heterocycles. The zero-order valence-electron chi connectivity index (χ0n) is 15.3. The molecule has 0 aliphatic carbocycles. The van der Waals surface area contributed by atoms with Crippen LogP contribution in [0.1, 0.15) is 23.7 Å². The van der Waals surface area contributed by atoms with Crippen molar-refractivity contribution in [1.82, 2.24) is 20.4 Å². The molecule has 2 rings (SSSR count). The number of aryl methyl sites for hydroxylation is 3. The predicted molar refractivity (Wildman–Crippen MR) is 101 cm³/mol. The Bertz CT molecular complexity index is 748. The fraction of sp³-hybridized carbons (Fsp3) is 0.444. The summed E-state index contributed by atoms with van der Waals surface area (Å²) in [7, 11) is 0. The minimum Gasteiger partial charge on any atom is -0.491 e. The molecule has 1 aromatic heterocycles. The quantitative estimate of drug-likeness (QED) is 0.656. The lowest BCUT2D eigenvalue weighted by Gasteiger charge is -2.14. The Kier molecular flexibility index (Phi) is 7.29. The van der Waals surface area contributed by atoms with Crippen molar-refractivity contribution in [2.75, 3.05) is 13.2 Å². The second-order valence-corrected chi connectivity index (χ2v) is 6.44. The summed E-state index contributed by atoms with van der Waals surface area (Å²) in [6.45, 7) is 7.12. The molecular weight excluding hydrogens is 356 g/mol. The summed E-state index contributed by atoms with van der Waals surface area (Å²) >= 11 is 5.96. The van der Waals surface area contributed by atoms with Crippen LogP contribution in [-0.2, 0) is 13.1 Å². The summed E-state index contributed by atoms with van der Waals surface area (Å²) in [5.74, 6) is 0.624. The SMILES string of the molecule is CCn1cc(CNC(=O)NC[C@H](O)COc2ccc(Cl)c(C)c2)c(C)n1. The number of aliphatic hydroxyl groups is 1. The highest BCUT2D eigenvalue weighted by Gasteiger charge is 2.10. The third-order valence-electron chi connectivity index (χ3n) is 3.88. The Balaban J connectivity index is 1.69. The molecule has 0 aliphatic rings. The molecular formula is C18H25ClN4O3. The minimum atomic E-state index is -0.818. The molecule has 1 aromatic carbocycles. The summed E-state index contributed by atoms with van der Waals surface area (Å²) in [6, 6.07) is 4.93.